The summed E-state index contributed by atoms with van der Waals surface area (Å²) in [6.45, 7) is 0. The number of methoxy groups -OCH3 is 2. The normalized spacial score (nSPS) is 9.89. The molecule has 0 radical (unpaired) electrons. The lowest BCUT2D eigenvalue weighted by Crippen LogP contribution is -2.14. The Kier molecular flexibility index (Phi) is 3.37. The van der Waals surface area contributed by atoms with Gasteiger partial charge in [0.05, 0.1) is 19.9 Å². The molecule has 1 aromatic carbocycles. The van der Waals surface area contributed by atoms with Crippen molar-refractivity contribution >= 4 is 11.6 Å². The van der Waals surface area contributed by atoms with Crippen molar-refractivity contribution in [1.82, 2.24) is 20.6 Å². The Balaban J connectivity index is 2.24. The van der Waals surface area contributed by atoms with E-state index < -0.39 is 5.91 Å². The minimum Gasteiger partial charge on any atom is -0.497 e. The average molecular weight is 249 g/mol. The molecule has 94 valence electrons. The zero-order valence-electron chi connectivity index (χ0n) is 9.80. The van der Waals surface area contributed by atoms with Crippen LogP contribution in [-0.2, 0) is 0 Å². The van der Waals surface area contributed by atoms with E-state index in [1.807, 2.05) is 0 Å². The van der Waals surface area contributed by atoms with Crippen LogP contribution in [0, 0.1) is 0 Å². The fourth-order valence-corrected chi connectivity index (χ4v) is 1.35. The number of aromatic amines is 1. The number of nitrogens with zero attached hydrogens (tertiary/aromatic N) is 3. The first kappa shape index (κ1) is 11.8. The Labute approximate surface area is 102 Å². The molecule has 1 aromatic heterocycles. The Morgan fingerprint density at radius 1 is 1.33 bits per heavy atom. The maximum atomic E-state index is 11.8. The van der Waals surface area contributed by atoms with Crippen LogP contribution in [-0.4, -0.2) is 40.8 Å². The van der Waals surface area contributed by atoms with Crippen LogP contribution in [0.15, 0.2) is 18.2 Å². The van der Waals surface area contributed by atoms with Gasteiger partial charge >= 0.3 is 0 Å². The van der Waals surface area contributed by atoms with E-state index in [0.29, 0.717) is 17.2 Å². The zero-order chi connectivity index (χ0) is 13.0. The third-order valence-electron chi connectivity index (χ3n) is 2.20. The molecule has 1 heterocycles. The fourth-order valence-electron chi connectivity index (χ4n) is 1.35. The van der Waals surface area contributed by atoms with Gasteiger partial charge in [-0.25, -0.2) is 0 Å². The third-order valence-corrected chi connectivity index (χ3v) is 2.20. The number of ether oxygens (including phenoxy) is 2. The number of carbonyl (C=O) groups is 1. The number of H-pyrrole nitrogens is 1. The summed E-state index contributed by atoms with van der Waals surface area (Å²) in [5.74, 6) is 0.557. The molecule has 18 heavy (non-hydrogen) atoms. The van der Waals surface area contributed by atoms with Gasteiger partial charge < -0.3 is 14.8 Å². The van der Waals surface area contributed by atoms with Crippen molar-refractivity contribution in [2.75, 3.05) is 19.5 Å². The standard InChI is InChI=1S/C10H11N5O3/c1-17-6-3-4-8(18-2)7(5-6)11-10(16)9-12-14-15-13-9/h3-5H,1-2H3,(H,11,16)(H,12,13,14,15). The molecule has 0 unspecified atom stereocenters. The number of nitrogens with one attached hydrogen (secondary N) is 2. The van der Waals surface area contributed by atoms with E-state index >= 15 is 0 Å². The van der Waals surface area contributed by atoms with Crippen molar-refractivity contribution in [3.63, 3.8) is 0 Å². The first-order chi connectivity index (χ1) is 8.74. The molecule has 0 fully saturated rings. The molecule has 2 aromatic rings. The molecule has 0 aliphatic rings. The number of amides is 1. The number of anilines is 1. The maximum absolute atomic E-state index is 11.8. The predicted molar refractivity (Wildman–Crippen MR) is 61.7 cm³/mol. The van der Waals surface area contributed by atoms with Gasteiger partial charge in [-0.3, -0.25) is 4.79 Å². The second-order valence-electron chi connectivity index (χ2n) is 3.26. The number of benzene rings is 1. The van der Waals surface area contributed by atoms with Crippen molar-refractivity contribution in [2.24, 2.45) is 0 Å². The quantitative estimate of drug-likeness (QED) is 0.816. The number of carbonyl (C=O) groups excluding carboxylic acids is 1. The fraction of sp³-hybridized carbons (Fsp3) is 0.200. The molecular weight excluding hydrogens is 238 g/mol. The highest BCUT2D eigenvalue weighted by Gasteiger charge is 2.14. The molecule has 8 nitrogen and oxygen atoms in total. The van der Waals surface area contributed by atoms with Gasteiger partial charge in [0.2, 0.25) is 0 Å². The summed E-state index contributed by atoms with van der Waals surface area (Å²) in [4.78, 5) is 11.8. The summed E-state index contributed by atoms with van der Waals surface area (Å²) >= 11 is 0. The molecule has 2 N–H and O–H groups in total. The van der Waals surface area contributed by atoms with Crippen LogP contribution in [0.5, 0.6) is 11.5 Å². The van der Waals surface area contributed by atoms with Crippen LogP contribution in [0.2, 0.25) is 0 Å². The van der Waals surface area contributed by atoms with Crippen LogP contribution in [0.3, 0.4) is 0 Å². The molecule has 0 aliphatic carbocycles. The summed E-state index contributed by atoms with van der Waals surface area (Å²) in [6, 6.07) is 5.05. The Bertz CT molecular complexity index is 540. The molecule has 0 saturated heterocycles. The molecule has 0 saturated carbocycles. The first-order valence-electron chi connectivity index (χ1n) is 5.01. The minimum absolute atomic E-state index is 0.0557. The van der Waals surface area contributed by atoms with E-state index in [-0.39, 0.29) is 5.82 Å². The van der Waals surface area contributed by atoms with Gasteiger partial charge in [0.25, 0.3) is 11.7 Å². The number of aromatic nitrogens is 4. The van der Waals surface area contributed by atoms with Gasteiger partial charge in [-0.15, -0.1) is 10.2 Å². The molecule has 2 rings (SSSR count). The Hall–Kier alpha value is -2.64. The van der Waals surface area contributed by atoms with E-state index in [2.05, 4.69) is 25.9 Å². The highest BCUT2D eigenvalue weighted by atomic mass is 16.5. The first-order valence-corrected chi connectivity index (χ1v) is 5.01. The van der Waals surface area contributed by atoms with Crippen molar-refractivity contribution < 1.29 is 14.3 Å². The van der Waals surface area contributed by atoms with Crippen LogP contribution >= 0.6 is 0 Å². The van der Waals surface area contributed by atoms with Gasteiger partial charge in [-0.1, -0.05) is 0 Å². The van der Waals surface area contributed by atoms with Gasteiger partial charge in [0, 0.05) is 6.07 Å². The number of hydrogen-bond donors (Lipinski definition) is 2. The summed E-state index contributed by atoms with van der Waals surface area (Å²) in [5.41, 5.74) is 0.464. The minimum atomic E-state index is -0.490. The number of tetrazole rings is 1. The molecule has 0 aliphatic heterocycles. The van der Waals surface area contributed by atoms with Crippen molar-refractivity contribution in [3.05, 3.63) is 24.0 Å². The van der Waals surface area contributed by atoms with E-state index in [4.69, 9.17) is 9.47 Å². The summed E-state index contributed by atoms with van der Waals surface area (Å²) in [6.07, 6.45) is 0. The lowest BCUT2D eigenvalue weighted by molar-refractivity contribution is 0.101. The Morgan fingerprint density at radius 3 is 2.78 bits per heavy atom. The predicted octanol–water partition coefficient (Wildman–Crippen LogP) is 0.469. The highest BCUT2D eigenvalue weighted by molar-refractivity contribution is 6.02. The topological polar surface area (TPSA) is 102 Å². The number of rotatable bonds is 4. The largest absolute Gasteiger partial charge is 0.497 e. The summed E-state index contributed by atoms with van der Waals surface area (Å²) < 4.78 is 10.2. The van der Waals surface area contributed by atoms with Crippen molar-refractivity contribution in [1.29, 1.82) is 0 Å². The summed E-state index contributed by atoms with van der Waals surface area (Å²) in [5, 5.41) is 15.3. The van der Waals surface area contributed by atoms with E-state index in [0.717, 1.165) is 0 Å². The second kappa shape index (κ2) is 5.13. The van der Waals surface area contributed by atoms with Crippen LogP contribution in [0.1, 0.15) is 10.6 Å². The van der Waals surface area contributed by atoms with Gasteiger partial charge in [0.1, 0.15) is 11.5 Å². The molecular formula is C10H11N5O3. The lowest BCUT2D eigenvalue weighted by Gasteiger charge is -2.10. The molecule has 0 bridgehead atoms. The Morgan fingerprint density at radius 2 is 2.17 bits per heavy atom. The molecule has 8 heteroatoms. The van der Waals surface area contributed by atoms with Crippen molar-refractivity contribution in [2.45, 2.75) is 0 Å². The zero-order valence-corrected chi connectivity index (χ0v) is 9.80. The van der Waals surface area contributed by atoms with Crippen LogP contribution in [0.25, 0.3) is 0 Å². The third kappa shape index (κ3) is 2.37. The second-order valence-corrected chi connectivity index (χ2v) is 3.26. The summed E-state index contributed by atoms with van der Waals surface area (Å²) in [7, 11) is 3.04. The van der Waals surface area contributed by atoms with Crippen LogP contribution < -0.4 is 14.8 Å². The van der Waals surface area contributed by atoms with E-state index in [1.165, 1.54) is 14.2 Å². The molecule has 0 spiro atoms. The SMILES string of the molecule is COc1ccc(OC)c(NC(=O)c2nn[nH]n2)c1. The van der Waals surface area contributed by atoms with Crippen molar-refractivity contribution in [3.8, 4) is 11.5 Å². The monoisotopic (exact) mass is 249 g/mol. The van der Waals surface area contributed by atoms with Gasteiger partial charge in [0.15, 0.2) is 0 Å². The van der Waals surface area contributed by atoms with E-state index in [1.54, 1.807) is 18.2 Å². The van der Waals surface area contributed by atoms with Crippen LogP contribution in [0.4, 0.5) is 5.69 Å². The average Bonchev–Trinajstić information content (AvgIpc) is 2.92. The van der Waals surface area contributed by atoms with Gasteiger partial charge in [-0.2, -0.15) is 5.21 Å². The molecule has 0 atom stereocenters. The lowest BCUT2D eigenvalue weighted by atomic mass is 10.2. The van der Waals surface area contributed by atoms with Gasteiger partial charge in [-0.05, 0) is 17.3 Å². The van der Waals surface area contributed by atoms with E-state index in [9.17, 15) is 4.79 Å². The highest BCUT2D eigenvalue weighted by Crippen LogP contribution is 2.28. The molecule has 1 amide bonds. The smallest absolute Gasteiger partial charge is 0.297 e. The number of hydrogen-bond acceptors (Lipinski definition) is 6. The maximum Gasteiger partial charge on any atom is 0.297 e.